The number of carbonyl (C=O) groups is 1. The highest BCUT2D eigenvalue weighted by atomic mass is 16.2. The van der Waals surface area contributed by atoms with Crippen molar-refractivity contribution in [2.75, 3.05) is 0 Å². The van der Waals surface area contributed by atoms with Gasteiger partial charge in [-0.05, 0) is 43.9 Å². The Morgan fingerprint density at radius 3 is 2.39 bits per heavy atom. The second kappa shape index (κ2) is 4.54. The van der Waals surface area contributed by atoms with Crippen LogP contribution >= 0.6 is 0 Å². The number of rotatable bonds is 3. The fourth-order valence-electron chi connectivity index (χ4n) is 3.48. The van der Waals surface area contributed by atoms with Gasteiger partial charge < -0.3 is 4.90 Å². The molecule has 0 radical (unpaired) electrons. The van der Waals surface area contributed by atoms with Crippen LogP contribution in [-0.2, 0) is 4.79 Å². The van der Waals surface area contributed by atoms with Crippen molar-refractivity contribution in [1.29, 1.82) is 0 Å². The quantitative estimate of drug-likeness (QED) is 0.742. The Hall–Kier alpha value is -0.530. The monoisotopic (exact) mass is 251 g/mol. The van der Waals surface area contributed by atoms with Crippen LogP contribution in [0.25, 0.3) is 0 Å². The number of hydrogen-bond acceptors (Lipinski definition) is 1. The van der Waals surface area contributed by atoms with Crippen LogP contribution in [0.1, 0.15) is 73.1 Å². The summed E-state index contributed by atoms with van der Waals surface area (Å²) >= 11 is 0. The minimum atomic E-state index is 0.135. The lowest BCUT2D eigenvalue weighted by molar-refractivity contribution is -0.147. The van der Waals surface area contributed by atoms with Crippen LogP contribution in [0.2, 0.25) is 0 Å². The molecule has 0 aromatic carbocycles. The van der Waals surface area contributed by atoms with E-state index in [-0.39, 0.29) is 16.9 Å². The fourth-order valence-corrected chi connectivity index (χ4v) is 3.48. The Kier molecular flexibility index (Phi) is 3.50. The lowest BCUT2D eigenvalue weighted by Gasteiger charge is -2.50. The first-order valence-electron chi connectivity index (χ1n) is 7.67. The highest BCUT2D eigenvalue weighted by molar-refractivity contribution is 5.80. The summed E-state index contributed by atoms with van der Waals surface area (Å²) in [7, 11) is 0. The van der Waals surface area contributed by atoms with E-state index in [9.17, 15) is 4.79 Å². The van der Waals surface area contributed by atoms with Gasteiger partial charge in [0.05, 0.1) is 0 Å². The van der Waals surface area contributed by atoms with E-state index in [0.717, 1.165) is 6.42 Å². The van der Waals surface area contributed by atoms with Gasteiger partial charge in [0.2, 0.25) is 5.91 Å². The summed E-state index contributed by atoms with van der Waals surface area (Å²) in [4.78, 5) is 15.0. The molecule has 1 heterocycles. The summed E-state index contributed by atoms with van der Waals surface area (Å²) in [6, 6.07) is 0.452. The molecule has 1 unspecified atom stereocenters. The molecule has 0 aromatic heterocycles. The van der Waals surface area contributed by atoms with Crippen molar-refractivity contribution < 1.29 is 4.79 Å². The topological polar surface area (TPSA) is 20.3 Å². The van der Waals surface area contributed by atoms with Crippen LogP contribution in [0, 0.1) is 11.3 Å². The Bertz CT molecular complexity index is 328. The van der Waals surface area contributed by atoms with E-state index in [1.807, 2.05) is 13.8 Å². The third-order valence-electron chi connectivity index (χ3n) is 5.31. The van der Waals surface area contributed by atoms with Gasteiger partial charge in [-0.1, -0.05) is 34.6 Å². The van der Waals surface area contributed by atoms with Crippen LogP contribution in [0.4, 0.5) is 0 Å². The number of carbonyl (C=O) groups excluding carboxylic acids is 1. The minimum absolute atomic E-state index is 0.135. The molecule has 2 nitrogen and oxygen atoms in total. The molecular weight excluding hydrogens is 222 g/mol. The van der Waals surface area contributed by atoms with Gasteiger partial charge in [-0.2, -0.15) is 0 Å². The average molecular weight is 251 g/mol. The Balaban J connectivity index is 2.29. The Labute approximate surface area is 112 Å². The molecule has 0 N–H and O–H groups in total. The van der Waals surface area contributed by atoms with Gasteiger partial charge >= 0.3 is 0 Å². The predicted molar refractivity (Wildman–Crippen MR) is 75.4 cm³/mol. The van der Waals surface area contributed by atoms with Crippen molar-refractivity contribution >= 4 is 5.91 Å². The first-order chi connectivity index (χ1) is 8.34. The zero-order chi connectivity index (χ0) is 13.6. The third-order valence-corrected chi connectivity index (χ3v) is 5.31. The van der Waals surface area contributed by atoms with Crippen molar-refractivity contribution in [3.63, 3.8) is 0 Å². The molecule has 104 valence electrons. The molecule has 2 fully saturated rings. The van der Waals surface area contributed by atoms with Crippen LogP contribution in [0.5, 0.6) is 0 Å². The summed E-state index contributed by atoms with van der Waals surface area (Å²) in [5.41, 5.74) is 0.511. The maximum atomic E-state index is 12.7. The van der Waals surface area contributed by atoms with Crippen molar-refractivity contribution in [2.24, 2.45) is 11.3 Å². The van der Waals surface area contributed by atoms with Gasteiger partial charge in [0.1, 0.15) is 0 Å². The smallest absolute Gasteiger partial charge is 0.225 e. The lowest BCUT2D eigenvalue weighted by Crippen LogP contribution is -2.57. The molecule has 0 bridgehead atoms. The molecule has 0 aromatic rings. The van der Waals surface area contributed by atoms with Crippen LogP contribution in [0.3, 0.4) is 0 Å². The zero-order valence-electron chi connectivity index (χ0n) is 12.8. The number of hydrogen-bond donors (Lipinski definition) is 0. The van der Waals surface area contributed by atoms with Gasteiger partial charge in [-0.3, -0.25) is 4.79 Å². The van der Waals surface area contributed by atoms with E-state index in [1.54, 1.807) is 0 Å². The summed E-state index contributed by atoms with van der Waals surface area (Å²) in [5.74, 6) is 0.523. The molecule has 1 saturated heterocycles. The van der Waals surface area contributed by atoms with Gasteiger partial charge in [-0.25, -0.2) is 0 Å². The van der Waals surface area contributed by atoms with Gasteiger partial charge in [0.15, 0.2) is 0 Å². The second-order valence-electron chi connectivity index (χ2n) is 7.34. The number of nitrogens with zero attached hydrogens (tertiary/aromatic N) is 1. The lowest BCUT2D eigenvalue weighted by atomic mass is 9.74. The molecular formula is C16H29NO. The van der Waals surface area contributed by atoms with Crippen molar-refractivity contribution in [1.82, 2.24) is 4.90 Å². The molecule has 1 amide bonds. The average Bonchev–Trinajstić information content (AvgIpc) is 3.08. The van der Waals surface area contributed by atoms with E-state index in [4.69, 9.17) is 0 Å². The van der Waals surface area contributed by atoms with E-state index in [2.05, 4.69) is 25.7 Å². The fraction of sp³-hybridized carbons (Fsp3) is 0.938. The van der Waals surface area contributed by atoms with E-state index in [1.165, 1.54) is 32.1 Å². The van der Waals surface area contributed by atoms with Crippen molar-refractivity contribution in [2.45, 2.75) is 84.7 Å². The summed E-state index contributed by atoms with van der Waals surface area (Å²) in [5, 5.41) is 0. The first kappa shape index (κ1) is 13.9. The maximum absolute atomic E-state index is 12.7. The standard InChI is InChI=1S/C16H29NO/c1-6-15(4,5)13-8-7-9-16(10-11-16)17(13)14(18)12(2)3/h12-13H,6-11H2,1-5H3. The van der Waals surface area contributed by atoms with E-state index < -0.39 is 0 Å². The molecule has 2 heteroatoms. The van der Waals surface area contributed by atoms with Gasteiger partial charge in [0, 0.05) is 17.5 Å². The number of piperidine rings is 1. The van der Waals surface area contributed by atoms with E-state index in [0.29, 0.717) is 11.9 Å². The van der Waals surface area contributed by atoms with Crippen molar-refractivity contribution in [3.8, 4) is 0 Å². The largest absolute Gasteiger partial charge is 0.333 e. The molecule has 2 rings (SSSR count). The van der Waals surface area contributed by atoms with Crippen molar-refractivity contribution in [3.05, 3.63) is 0 Å². The maximum Gasteiger partial charge on any atom is 0.225 e. The Morgan fingerprint density at radius 1 is 1.33 bits per heavy atom. The summed E-state index contributed by atoms with van der Waals surface area (Å²) in [6.07, 6.45) is 7.36. The molecule has 18 heavy (non-hydrogen) atoms. The molecule has 1 aliphatic heterocycles. The number of likely N-dealkylation sites (tertiary alicyclic amines) is 1. The predicted octanol–water partition coefficient (Wildman–Crippen LogP) is 3.99. The highest BCUT2D eigenvalue weighted by Crippen LogP contribution is 2.53. The number of amides is 1. The molecule has 2 aliphatic rings. The minimum Gasteiger partial charge on any atom is -0.333 e. The van der Waals surface area contributed by atoms with Crippen LogP contribution < -0.4 is 0 Å². The van der Waals surface area contributed by atoms with Crippen LogP contribution in [0.15, 0.2) is 0 Å². The first-order valence-corrected chi connectivity index (χ1v) is 7.67. The highest BCUT2D eigenvalue weighted by Gasteiger charge is 2.56. The molecule has 1 aliphatic carbocycles. The van der Waals surface area contributed by atoms with Crippen LogP contribution in [-0.4, -0.2) is 22.4 Å². The second-order valence-corrected chi connectivity index (χ2v) is 7.34. The van der Waals surface area contributed by atoms with Gasteiger partial charge in [-0.15, -0.1) is 0 Å². The zero-order valence-corrected chi connectivity index (χ0v) is 12.8. The molecule has 1 spiro atoms. The van der Waals surface area contributed by atoms with E-state index >= 15 is 0 Å². The Morgan fingerprint density at radius 2 is 1.94 bits per heavy atom. The SMILES string of the molecule is CCC(C)(C)C1CCCC2(CC2)N1C(=O)C(C)C. The summed E-state index contributed by atoms with van der Waals surface area (Å²) < 4.78 is 0. The van der Waals surface area contributed by atoms with Gasteiger partial charge in [0.25, 0.3) is 0 Å². The third kappa shape index (κ3) is 2.19. The normalized spacial score (nSPS) is 26.8. The summed E-state index contributed by atoms with van der Waals surface area (Å²) in [6.45, 7) is 11.0. The molecule has 1 saturated carbocycles. The molecule has 1 atom stereocenters.